The first-order valence-corrected chi connectivity index (χ1v) is 8.22. The molecule has 0 spiro atoms. The lowest BCUT2D eigenvalue weighted by Gasteiger charge is -2.14. The highest BCUT2D eigenvalue weighted by atomic mass is 35.5. The van der Waals surface area contributed by atoms with Gasteiger partial charge in [-0.2, -0.15) is 0 Å². The molecule has 6 heteroatoms. The highest BCUT2D eigenvalue weighted by Gasteiger charge is 2.30. The molecule has 1 aromatic carbocycles. The summed E-state index contributed by atoms with van der Waals surface area (Å²) >= 11 is 7.30. The molecule has 2 heterocycles. The number of nitrogens with zero attached hydrogens (tertiary/aromatic N) is 2. The van der Waals surface area contributed by atoms with Crippen LogP contribution in [-0.2, 0) is 11.3 Å². The second-order valence-corrected chi connectivity index (χ2v) is 5.86. The normalized spacial score (nSPS) is 16.5. The van der Waals surface area contributed by atoms with Crippen molar-refractivity contribution in [2.45, 2.75) is 6.54 Å². The lowest BCUT2D eigenvalue weighted by molar-refractivity contribution is -0.123. The topological polar surface area (TPSA) is 45.8 Å². The predicted octanol–water partition coefficient (Wildman–Crippen LogP) is 4.04. The van der Waals surface area contributed by atoms with E-state index in [9.17, 15) is 4.79 Å². The van der Waals surface area contributed by atoms with Crippen molar-refractivity contribution in [3.05, 3.63) is 64.7 Å². The van der Waals surface area contributed by atoms with Crippen LogP contribution in [-0.4, -0.2) is 22.2 Å². The molecule has 0 radical (unpaired) electrons. The molecule has 0 fully saturated rings. The molecular weight excluding hydrogens is 320 g/mol. The van der Waals surface area contributed by atoms with Crippen LogP contribution in [0.2, 0.25) is 5.02 Å². The molecule has 1 aliphatic heterocycles. The van der Waals surface area contributed by atoms with E-state index in [2.05, 4.69) is 4.99 Å². The summed E-state index contributed by atoms with van der Waals surface area (Å²) in [6, 6.07) is 10.9. The van der Waals surface area contributed by atoms with Crippen molar-refractivity contribution >= 4 is 40.5 Å². The fourth-order valence-corrected chi connectivity index (χ4v) is 2.78. The van der Waals surface area contributed by atoms with Crippen LogP contribution >= 0.6 is 23.4 Å². The lowest BCUT2D eigenvalue weighted by Crippen LogP contribution is -2.29. The number of amides is 1. The Labute approximate surface area is 137 Å². The van der Waals surface area contributed by atoms with Gasteiger partial charge in [-0.1, -0.05) is 35.5 Å². The maximum absolute atomic E-state index is 12.5. The van der Waals surface area contributed by atoms with Gasteiger partial charge in [-0.05, 0) is 42.2 Å². The van der Waals surface area contributed by atoms with E-state index in [1.807, 2.05) is 24.5 Å². The van der Waals surface area contributed by atoms with Gasteiger partial charge in [-0.25, -0.2) is 4.99 Å². The SMILES string of the molecule is CSC1=NC(=Cc2ccc(Cl)cc2)C(=O)N1Cc1ccco1. The zero-order chi connectivity index (χ0) is 15.5. The number of hydrogen-bond acceptors (Lipinski definition) is 4. The Hall–Kier alpha value is -1.98. The number of amidine groups is 1. The summed E-state index contributed by atoms with van der Waals surface area (Å²) in [5, 5.41) is 1.33. The van der Waals surface area contributed by atoms with Crippen molar-refractivity contribution in [3.63, 3.8) is 0 Å². The maximum Gasteiger partial charge on any atom is 0.278 e. The molecule has 1 aliphatic rings. The Morgan fingerprint density at radius 2 is 2.09 bits per heavy atom. The molecule has 0 saturated heterocycles. The van der Waals surface area contributed by atoms with Crippen LogP contribution in [0.3, 0.4) is 0 Å². The molecule has 3 rings (SSSR count). The van der Waals surface area contributed by atoms with Gasteiger partial charge in [-0.3, -0.25) is 9.69 Å². The fourth-order valence-electron chi connectivity index (χ4n) is 2.10. The van der Waals surface area contributed by atoms with Crippen LogP contribution in [0.15, 0.2) is 57.8 Å². The van der Waals surface area contributed by atoms with Gasteiger partial charge in [0.1, 0.15) is 11.5 Å². The Morgan fingerprint density at radius 1 is 1.32 bits per heavy atom. The molecule has 1 aromatic heterocycles. The third-order valence-corrected chi connectivity index (χ3v) is 4.09. The first-order valence-electron chi connectivity index (χ1n) is 6.61. The van der Waals surface area contributed by atoms with Crippen LogP contribution in [0, 0.1) is 0 Å². The summed E-state index contributed by atoms with van der Waals surface area (Å²) in [6.07, 6.45) is 5.25. The molecule has 0 aliphatic carbocycles. The van der Waals surface area contributed by atoms with E-state index in [4.69, 9.17) is 16.0 Å². The number of rotatable bonds is 3. The fraction of sp³-hybridized carbons (Fsp3) is 0.125. The van der Waals surface area contributed by atoms with E-state index < -0.39 is 0 Å². The number of halogens is 1. The van der Waals surface area contributed by atoms with Crippen molar-refractivity contribution in [1.82, 2.24) is 4.90 Å². The summed E-state index contributed by atoms with van der Waals surface area (Å²) in [7, 11) is 0. The van der Waals surface area contributed by atoms with Gasteiger partial charge in [0.15, 0.2) is 5.17 Å². The highest BCUT2D eigenvalue weighted by molar-refractivity contribution is 8.13. The van der Waals surface area contributed by atoms with E-state index in [0.29, 0.717) is 22.4 Å². The van der Waals surface area contributed by atoms with E-state index >= 15 is 0 Å². The first-order chi connectivity index (χ1) is 10.7. The number of thioether (sulfide) groups is 1. The summed E-state index contributed by atoms with van der Waals surface area (Å²) in [5.41, 5.74) is 1.30. The Morgan fingerprint density at radius 3 is 2.73 bits per heavy atom. The summed E-state index contributed by atoms with van der Waals surface area (Å²) in [6.45, 7) is 0.378. The molecule has 2 aromatic rings. The van der Waals surface area contributed by atoms with E-state index in [-0.39, 0.29) is 5.91 Å². The van der Waals surface area contributed by atoms with Gasteiger partial charge in [0.05, 0.1) is 12.8 Å². The second kappa shape index (κ2) is 6.42. The molecule has 4 nitrogen and oxygen atoms in total. The Bertz CT molecular complexity index is 736. The lowest BCUT2D eigenvalue weighted by atomic mass is 10.2. The molecule has 1 amide bonds. The number of benzene rings is 1. The summed E-state index contributed by atoms with van der Waals surface area (Å²) in [4.78, 5) is 18.6. The standard InChI is InChI=1S/C16H13ClN2O2S/c1-22-16-18-14(9-11-4-6-12(17)7-5-11)15(20)19(16)10-13-3-2-8-21-13/h2-9H,10H2,1H3. The number of furan rings is 1. The molecule has 0 saturated carbocycles. The van der Waals surface area contributed by atoms with Gasteiger partial charge in [-0.15, -0.1) is 0 Å². The number of hydrogen-bond donors (Lipinski definition) is 0. The van der Waals surface area contributed by atoms with Gasteiger partial charge >= 0.3 is 0 Å². The minimum atomic E-state index is -0.129. The Kier molecular flexibility index (Phi) is 4.36. The van der Waals surface area contributed by atoms with Crippen molar-refractivity contribution < 1.29 is 9.21 Å². The van der Waals surface area contributed by atoms with Gasteiger partial charge in [0.2, 0.25) is 0 Å². The third kappa shape index (κ3) is 3.10. The Balaban J connectivity index is 1.86. The van der Waals surface area contributed by atoms with Gasteiger partial charge < -0.3 is 4.42 Å². The first kappa shape index (κ1) is 14.9. The molecule has 112 valence electrons. The zero-order valence-corrected chi connectivity index (χ0v) is 13.4. The third-order valence-electron chi connectivity index (χ3n) is 3.16. The van der Waals surface area contributed by atoms with Crippen LogP contribution in [0.25, 0.3) is 6.08 Å². The molecule has 0 N–H and O–H groups in total. The smallest absolute Gasteiger partial charge is 0.278 e. The van der Waals surface area contributed by atoms with Crippen molar-refractivity contribution in [2.75, 3.05) is 6.26 Å². The number of carbonyl (C=O) groups excluding carboxylic acids is 1. The van der Waals surface area contributed by atoms with Gasteiger partial charge in [0.25, 0.3) is 5.91 Å². The van der Waals surface area contributed by atoms with Gasteiger partial charge in [0, 0.05) is 5.02 Å². The van der Waals surface area contributed by atoms with E-state index in [0.717, 1.165) is 11.3 Å². The zero-order valence-electron chi connectivity index (χ0n) is 11.8. The highest BCUT2D eigenvalue weighted by Crippen LogP contribution is 2.25. The predicted molar refractivity (Wildman–Crippen MR) is 89.6 cm³/mol. The molecule has 22 heavy (non-hydrogen) atoms. The average molecular weight is 333 g/mol. The minimum Gasteiger partial charge on any atom is -0.467 e. The second-order valence-electron chi connectivity index (χ2n) is 4.65. The van der Waals surface area contributed by atoms with Crippen LogP contribution in [0.1, 0.15) is 11.3 Å². The average Bonchev–Trinajstić information content (AvgIpc) is 3.13. The van der Waals surface area contributed by atoms with E-state index in [1.54, 1.807) is 35.4 Å². The van der Waals surface area contributed by atoms with E-state index in [1.165, 1.54) is 11.8 Å². The summed E-state index contributed by atoms with van der Waals surface area (Å²) in [5.74, 6) is 0.596. The van der Waals surface area contributed by atoms with Crippen LogP contribution < -0.4 is 0 Å². The minimum absolute atomic E-state index is 0.129. The van der Waals surface area contributed by atoms with Crippen LogP contribution in [0.5, 0.6) is 0 Å². The number of carbonyl (C=O) groups is 1. The van der Waals surface area contributed by atoms with Crippen molar-refractivity contribution in [2.24, 2.45) is 4.99 Å². The van der Waals surface area contributed by atoms with Crippen molar-refractivity contribution in [3.8, 4) is 0 Å². The van der Waals surface area contributed by atoms with Crippen molar-refractivity contribution in [1.29, 1.82) is 0 Å². The quantitative estimate of drug-likeness (QED) is 0.797. The number of aliphatic imine (C=N–C) groups is 1. The molecule has 0 unspecified atom stereocenters. The monoisotopic (exact) mass is 332 g/mol. The molecule has 0 bridgehead atoms. The maximum atomic E-state index is 12.5. The largest absolute Gasteiger partial charge is 0.467 e. The summed E-state index contributed by atoms with van der Waals surface area (Å²) < 4.78 is 5.31. The molecule has 0 atom stereocenters. The molecular formula is C16H13ClN2O2S. The van der Waals surface area contributed by atoms with Crippen LogP contribution in [0.4, 0.5) is 0 Å².